The SMILES string of the molecule is COc1ccc(Br)cc1C(=O)NC(=S)Nc1ccccc1N1CCCC1. The normalized spacial score (nSPS) is 13.4. The number of para-hydroxylation sites is 2. The quantitative estimate of drug-likeness (QED) is 0.708. The van der Waals surface area contributed by atoms with Gasteiger partial charge in [0.25, 0.3) is 5.91 Å². The maximum atomic E-state index is 12.6. The van der Waals surface area contributed by atoms with Gasteiger partial charge in [0.15, 0.2) is 5.11 Å². The molecule has 0 radical (unpaired) electrons. The number of benzene rings is 2. The average Bonchev–Trinajstić information content (AvgIpc) is 3.16. The van der Waals surface area contributed by atoms with E-state index in [1.165, 1.54) is 20.0 Å². The molecule has 2 N–H and O–H groups in total. The van der Waals surface area contributed by atoms with E-state index < -0.39 is 0 Å². The van der Waals surface area contributed by atoms with Crippen molar-refractivity contribution in [3.8, 4) is 5.75 Å². The number of rotatable bonds is 4. The maximum Gasteiger partial charge on any atom is 0.261 e. The molecule has 1 aliphatic rings. The summed E-state index contributed by atoms with van der Waals surface area (Å²) in [6.07, 6.45) is 2.39. The molecule has 0 bridgehead atoms. The van der Waals surface area contributed by atoms with Crippen molar-refractivity contribution < 1.29 is 9.53 Å². The molecule has 2 aromatic rings. The second-order valence-corrected chi connectivity index (χ2v) is 7.29. The smallest absolute Gasteiger partial charge is 0.261 e. The number of amides is 1. The highest BCUT2D eigenvalue weighted by atomic mass is 79.9. The van der Waals surface area contributed by atoms with Crippen molar-refractivity contribution >= 4 is 50.5 Å². The van der Waals surface area contributed by atoms with Gasteiger partial charge in [-0.1, -0.05) is 28.1 Å². The van der Waals surface area contributed by atoms with Crippen LogP contribution in [-0.2, 0) is 0 Å². The fraction of sp³-hybridized carbons (Fsp3) is 0.263. The molecule has 1 saturated heterocycles. The predicted octanol–water partition coefficient (Wildman–Crippen LogP) is 4.18. The molecule has 5 nitrogen and oxygen atoms in total. The fourth-order valence-corrected chi connectivity index (χ4v) is 3.56. The number of thiocarbonyl (C=S) groups is 1. The first-order chi connectivity index (χ1) is 12.6. The molecule has 0 aliphatic carbocycles. The van der Waals surface area contributed by atoms with Gasteiger partial charge in [-0.15, -0.1) is 0 Å². The molecule has 26 heavy (non-hydrogen) atoms. The van der Waals surface area contributed by atoms with Gasteiger partial charge >= 0.3 is 0 Å². The van der Waals surface area contributed by atoms with E-state index in [0.717, 1.165) is 28.9 Å². The standard InChI is InChI=1S/C19H20BrN3O2S/c1-25-17-9-8-13(20)12-14(17)18(24)22-19(26)21-15-6-2-3-7-16(15)23-10-4-5-11-23/h2-3,6-9,12H,4-5,10-11H2,1H3,(H2,21,22,24,26). The molecule has 136 valence electrons. The van der Waals surface area contributed by atoms with Gasteiger partial charge in [-0.25, -0.2) is 0 Å². The summed E-state index contributed by atoms with van der Waals surface area (Å²) in [5.41, 5.74) is 2.40. The van der Waals surface area contributed by atoms with E-state index in [9.17, 15) is 4.79 Å². The Bertz CT molecular complexity index is 822. The maximum absolute atomic E-state index is 12.6. The van der Waals surface area contributed by atoms with Crippen LogP contribution in [0.5, 0.6) is 5.75 Å². The van der Waals surface area contributed by atoms with Crippen LogP contribution >= 0.6 is 28.1 Å². The van der Waals surface area contributed by atoms with Crippen LogP contribution in [0.25, 0.3) is 0 Å². The Labute approximate surface area is 166 Å². The second kappa shape index (κ2) is 8.51. The Balaban J connectivity index is 1.72. The van der Waals surface area contributed by atoms with Gasteiger partial charge in [-0.3, -0.25) is 10.1 Å². The molecule has 0 saturated carbocycles. The van der Waals surface area contributed by atoms with Crippen LogP contribution in [0.2, 0.25) is 0 Å². The lowest BCUT2D eigenvalue weighted by molar-refractivity contribution is 0.0974. The van der Waals surface area contributed by atoms with Gasteiger partial charge in [0, 0.05) is 17.6 Å². The van der Waals surface area contributed by atoms with Crippen molar-refractivity contribution in [2.75, 3.05) is 30.4 Å². The minimum absolute atomic E-state index is 0.253. The Hall–Kier alpha value is -2.12. The first-order valence-corrected chi connectivity index (χ1v) is 9.58. The van der Waals surface area contributed by atoms with Crippen LogP contribution in [0.15, 0.2) is 46.9 Å². The second-order valence-electron chi connectivity index (χ2n) is 5.96. The highest BCUT2D eigenvalue weighted by molar-refractivity contribution is 9.10. The highest BCUT2D eigenvalue weighted by Crippen LogP contribution is 2.28. The van der Waals surface area contributed by atoms with Crippen LogP contribution in [-0.4, -0.2) is 31.2 Å². The van der Waals surface area contributed by atoms with E-state index in [-0.39, 0.29) is 11.0 Å². The Morgan fingerprint density at radius 2 is 1.92 bits per heavy atom. The minimum atomic E-state index is -0.320. The predicted molar refractivity (Wildman–Crippen MR) is 112 cm³/mol. The number of carbonyl (C=O) groups is 1. The van der Waals surface area contributed by atoms with E-state index in [1.54, 1.807) is 12.1 Å². The zero-order valence-corrected chi connectivity index (χ0v) is 16.8. The van der Waals surface area contributed by atoms with Crippen molar-refractivity contribution in [2.24, 2.45) is 0 Å². The molecule has 1 aliphatic heterocycles. The molecule has 7 heteroatoms. The number of methoxy groups -OCH3 is 1. The Morgan fingerprint density at radius 3 is 2.65 bits per heavy atom. The number of halogens is 1. The Morgan fingerprint density at radius 1 is 1.19 bits per heavy atom. The minimum Gasteiger partial charge on any atom is -0.496 e. The molecule has 0 unspecified atom stereocenters. The van der Waals surface area contributed by atoms with Crippen molar-refractivity contribution in [2.45, 2.75) is 12.8 Å². The molecule has 0 aromatic heterocycles. The lowest BCUT2D eigenvalue weighted by atomic mass is 10.2. The van der Waals surface area contributed by atoms with E-state index in [2.05, 4.69) is 37.5 Å². The molecular formula is C19H20BrN3O2S. The van der Waals surface area contributed by atoms with Crippen LogP contribution in [0.1, 0.15) is 23.2 Å². The summed E-state index contributed by atoms with van der Waals surface area (Å²) in [4.78, 5) is 14.9. The van der Waals surface area contributed by atoms with Crippen LogP contribution in [0.4, 0.5) is 11.4 Å². The zero-order valence-electron chi connectivity index (χ0n) is 14.4. The molecule has 1 heterocycles. The summed E-state index contributed by atoms with van der Waals surface area (Å²) in [6.45, 7) is 2.07. The van der Waals surface area contributed by atoms with Gasteiger partial charge in [0.2, 0.25) is 0 Å². The van der Waals surface area contributed by atoms with Gasteiger partial charge in [-0.05, 0) is 55.4 Å². The molecule has 1 amide bonds. The number of anilines is 2. The summed E-state index contributed by atoms with van der Waals surface area (Å²) in [6, 6.07) is 13.2. The summed E-state index contributed by atoms with van der Waals surface area (Å²) in [7, 11) is 1.53. The van der Waals surface area contributed by atoms with Gasteiger partial charge in [0.05, 0.1) is 24.0 Å². The van der Waals surface area contributed by atoms with E-state index >= 15 is 0 Å². The van der Waals surface area contributed by atoms with Crippen LogP contribution < -0.4 is 20.3 Å². The topological polar surface area (TPSA) is 53.6 Å². The Kier molecular flexibility index (Phi) is 6.11. The lowest BCUT2D eigenvalue weighted by Gasteiger charge is -2.22. The van der Waals surface area contributed by atoms with Crippen molar-refractivity contribution in [3.05, 3.63) is 52.5 Å². The third kappa shape index (κ3) is 4.34. The molecule has 2 aromatic carbocycles. The third-order valence-electron chi connectivity index (χ3n) is 4.23. The van der Waals surface area contributed by atoms with E-state index in [4.69, 9.17) is 17.0 Å². The molecule has 0 spiro atoms. The lowest BCUT2D eigenvalue weighted by Crippen LogP contribution is -2.35. The number of ether oxygens (including phenoxy) is 1. The van der Waals surface area contributed by atoms with Gasteiger partial charge < -0.3 is 15.0 Å². The van der Waals surface area contributed by atoms with Crippen LogP contribution in [0.3, 0.4) is 0 Å². The monoisotopic (exact) mass is 433 g/mol. The first kappa shape index (κ1) is 18.7. The zero-order chi connectivity index (χ0) is 18.5. The van der Waals surface area contributed by atoms with E-state index in [0.29, 0.717) is 11.3 Å². The van der Waals surface area contributed by atoms with Crippen molar-refractivity contribution in [1.82, 2.24) is 5.32 Å². The number of nitrogens with one attached hydrogen (secondary N) is 2. The molecule has 1 fully saturated rings. The highest BCUT2D eigenvalue weighted by Gasteiger charge is 2.17. The molecule has 0 atom stereocenters. The first-order valence-electron chi connectivity index (χ1n) is 8.38. The number of hydrogen-bond acceptors (Lipinski definition) is 4. The van der Waals surface area contributed by atoms with Crippen molar-refractivity contribution in [1.29, 1.82) is 0 Å². The summed E-state index contributed by atoms with van der Waals surface area (Å²) >= 11 is 8.72. The summed E-state index contributed by atoms with van der Waals surface area (Å²) in [5, 5.41) is 6.13. The number of carbonyl (C=O) groups excluding carboxylic acids is 1. The summed E-state index contributed by atoms with van der Waals surface area (Å²) < 4.78 is 6.05. The van der Waals surface area contributed by atoms with Gasteiger partial charge in [0.1, 0.15) is 5.75 Å². The average molecular weight is 434 g/mol. The van der Waals surface area contributed by atoms with E-state index in [1.807, 2.05) is 24.3 Å². The molecule has 3 rings (SSSR count). The largest absolute Gasteiger partial charge is 0.496 e. The van der Waals surface area contributed by atoms with Crippen LogP contribution in [0, 0.1) is 0 Å². The van der Waals surface area contributed by atoms with Gasteiger partial charge in [-0.2, -0.15) is 0 Å². The fourth-order valence-electron chi connectivity index (χ4n) is 2.99. The third-order valence-corrected chi connectivity index (χ3v) is 4.93. The number of hydrogen-bond donors (Lipinski definition) is 2. The molecular weight excluding hydrogens is 414 g/mol. The summed E-state index contributed by atoms with van der Waals surface area (Å²) in [5.74, 6) is 0.172. The number of nitrogens with zero attached hydrogens (tertiary/aromatic N) is 1. The van der Waals surface area contributed by atoms with Crippen molar-refractivity contribution in [3.63, 3.8) is 0 Å².